The number of amides is 1. The third-order valence-corrected chi connectivity index (χ3v) is 5.04. The van der Waals surface area contributed by atoms with Crippen molar-refractivity contribution in [3.05, 3.63) is 65.9 Å². The predicted molar refractivity (Wildman–Crippen MR) is 97.9 cm³/mol. The first-order valence-electron chi connectivity index (χ1n) is 8.93. The number of rotatable bonds is 5. The highest BCUT2D eigenvalue weighted by atomic mass is 16.3. The second-order valence-corrected chi connectivity index (χ2v) is 7.03. The van der Waals surface area contributed by atoms with Crippen LogP contribution < -0.4 is 5.32 Å². The number of aliphatic hydroxyl groups excluding tert-OH is 1. The Hall–Kier alpha value is -2.73. The summed E-state index contributed by atoms with van der Waals surface area (Å²) in [7, 11) is 0. The van der Waals surface area contributed by atoms with Gasteiger partial charge >= 0.3 is 0 Å². The first-order valence-corrected chi connectivity index (χ1v) is 8.93. The Labute approximate surface area is 151 Å². The summed E-state index contributed by atoms with van der Waals surface area (Å²) in [6.07, 6.45) is 7.37. The molecule has 3 heterocycles. The molecule has 3 aromatic rings. The Kier molecular flexibility index (Phi) is 4.42. The largest absolute Gasteiger partial charge is 0.393 e. The van der Waals surface area contributed by atoms with Crippen LogP contribution >= 0.6 is 0 Å². The molecule has 0 aliphatic heterocycles. The van der Waals surface area contributed by atoms with Crippen molar-refractivity contribution in [3.8, 4) is 0 Å². The van der Waals surface area contributed by atoms with Crippen molar-refractivity contribution < 1.29 is 9.90 Å². The van der Waals surface area contributed by atoms with Crippen molar-refractivity contribution in [2.45, 2.75) is 38.3 Å². The van der Waals surface area contributed by atoms with E-state index in [4.69, 9.17) is 0 Å². The summed E-state index contributed by atoms with van der Waals surface area (Å²) in [5, 5.41) is 12.8. The van der Waals surface area contributed by atoms with Crippen molar-refractivity contribution in [2.75, 3.05) is 0 Å². The fourth-order valence-electron chi connectivity index (χ4n) is 3.60. The predicted octanol–water partition coefficient (Wildman–Crippen LogP) is 2.15. The Balaban J connectivity index is 1.57. The van der Waals surface area contributed by atoms with Crippen LogP contribution in [-0.2, 0) is 6.42 Å². The number of aryl methyl sites for hydroxylation is 1. The molecule has 4 rings (SSSR count). The SMILES string of the molecule is Cc1cn2cccc(C(=O)N[C@H](Cc3ccccn3)C3CC(O)C3)c2n1. The van der Waals surface area contributed by atoms with Gasteiger partial charge in [0, 0.05) is 36.7 Å². The number of fused-ring (bicyclic) bond motifs is 1. The van der Waals surface area contributed by atoms with Gasteiger partial charge in [-0.3, -0.25) is 9.78 Å². The molecule has 26 heavy (non-hydrogen) atoms. The smallest absolute Gasteiger partial charge is 0.255 e. The second-order valence-electron chi connectivity index (χ2n) is 7.03. The topological polar surface area (TPSA) is 79.5 Å². The number of imidazole rings is 1. The molecule has 6 nitrogen and oxygen atoms in total. The van der Waals surface area contributed by atoms with E-state index < -0.39 is 0 Å². The minimum absolute atomic E-state index is 0.0582. The van der Waals surface area contributed by atoms with Gasteiger partial charge in [0.15, 0.2) is 0 Å². The summed E-state index contributed by atoms with van der Waals surface area (Å²) in [6, 6.07) is 9.38. The summed E-state index contributed by atoms with van der Waals surface area (Å²) >= 11 is 0. The molecule has 1 atom stereocenters. The summed E-state index contributed by atoms with van der Waals surface area (Å²) < 4.78 is 1.87. The van der Waals surface area contributed by atoms with E-state index in [2.05, 4.69) is 15.3 Å². The molecule has 6 heteroatoms. The zero-order valence-corrected chi connectivity index (χ0v) is 14.7. The Morgan fingerprint density at radius 3 is 2.92 bits per heavy atom. The van der Waals surface area contributed by atoms with Gasteiger partial charge in [0.25, 0.3) is 5.91 Å². The molecule has 134 valence electrons. The van der Waals surface area contributed by atoms with Gasteiger partial charge in [-0.2, -0.15) is 0 Å². The van der Waals surface area contributed by atoms with Crippen molar-refractivity contribution in [3.63, 3.8) is 0 Å². The van der Waals surface area contributed by atoms with Gasteiger partial charge in [-0.15, -0.1) is 0 Å². The van der Waals surface area contributed by atoms with E-state index in [-0.39, 0.29) is 24.0 Å². The fourth-order valence-corrected chi connectivity index (χ4v) is 3.60. The van der Waals surface area contributed by atoms with Crippen LogP contribution in [0.25, 0.3) is 5.65 Å². The van der Waals surface area contributed by atoms with E-state index in [9.17, 15) is 9.90 Å². The molecule has 0 aromatic carbocycles. The molecule has 0 saturated heterocycles. The molecule has 0 unspecified atom stereocenters. The molecule has 1 saturated carbocycles. The second kappa shape index (κ2) is 6.88. The lowest BCUT2D eigenvalue weighted by molar-refractivity contribution is 0.0238. The summed E-state index contributed by atoms with van der Waals surface area (Å²) in [4.78, 5) is 21.8. The van der Waals surface area contributed by atoms with Gasteiger partial charge in [-0.1, -0.05) is 6.07 Å². The third-order valence-electron chi connectivity index (χ3n) is 5.04. The molecule has 1 aliphatic carbocycles. The van der Waals surface area contributed by atoms with Crippen LogP contribution in [0.15, 0.2) is 48.9 Å². The molecule has 1 amide bonds. The number of nitrogens with zero attached hydrogens (tertiary/aromatic N) is 3. The van der Waals surface area contributed by atoms with Crippen LogP contribution in [-0.4, -0.2) is 37.5 Å². The van der Waals surface area contributed by atoms with Gasteiger partial charge in [-0.25, -0.2) is 4.98 Å². The molecule has 3 aromatic heterocycles. The maximum Gasteiger partial charge on any atom is 0.255 e. The van der Waals surface area contributed by atoms with E-state index in [0.29, 0.717) is 30.5 Å². The van der Waals surface area contributed by atoms with Crippen LogP contribution in [0.5, 0.6) is 0 Å². The first kappa shape index (κ1) is 16.7. The van der Waals surface area contributed by atoms with E-state index >= 15 is 0 Å². The monoisotopic (exact) mass is 350 g/mol. The summed E-state index contributed by atoms with van der Waals surface area (Å²) in [6.45, 7) is 1.91. The lowest BCUT2D eigenvalue weighted by atomic mass is 9.76. The highest BCUT2D eigenvalue weighted by Crippen LogP contribution is 2.31. The van der Waals surface area contributed by atoms with E-state index in [1.807, 2.05) is 48.0 Å². The highest BCUT2D eigenvalue weighted by Gasteiger charge is 2.35. The molecule has 1 aliphatic rings. The van der Waals surface area contributed by atoms with Crippen LogP contribution in [0, 0.1) is 12.8 Å². The van der Waals surface area contributed by atoms with Gasteiger partial charge in [0.1, 0.15) is 5.65 Å². The van der Waals surface area contributed by atoms with Gasteiger partial charge < -0.3 is 14.8 Å². The number of aliphatic hydroxyl groups is 1. The maximum atomic E-state index is 12.9. The normalized spacial score (nSPS) is 20.5. The van der Waals surface area contributed by atoms with E-state index in [1.165, 1.54) is 0 Å². The number of carbonyl (C=O) groups excluding carboxylic acids is 1. The Morgan fingerprint density at radius 2 is 2.19 bits per heavy atom. The van der Waals surface area contributed by atoms with Crippen molar-refractivity contribution >= 4 is 11.6 Å². The molecule has 0 bridgehead atoms. The molecule has 0 radical (unpaired) electrons. The fraction of sp³-hybridized carbons (Fsp3) is 0.350. The molecular weight excluding hydrogens is 328 g/mol. The maximum absolute atomic E-state index is 12.9. The standard InChI is InChI=1S/C20H22N4O2/c1-13-12-24-8-4-6-17(19(24)22-13)20(26)23-18(14-9-16(25)10-14)11-15-5-2-3-7-21-15/h2-8,12,14,16,18,25H,9-11H2,1H3,(H,23,26)/t14?,16?,18-/m1/s1. The van der Waals surface area contributed by atoms with Gasteiger partial charge in [-0.05, 0) is 49.9 Å². The molecule has 0 spiro atoms. The quantitative estimate of drug-likeness (QED) is 0.739. The number of hydrogen-bond donors (Lipinski definition) is 2. The molecule has 1 fully saturated rings. The van der Waals surface area contributed by atoms with E-state index in [1.54, 1.807) is 12.3 Å². The minimum atomic E-state index is -0.262. The number of nitrogens with one attached hydrogen (secondary N) is 1. The van der Waals surface area contributed by atoms with Crippen molar-refractivity contribution in [2.24, 2.45) is 5.92 Å². The average molecular weight is 350 g/mol. The Bertz CT molecular complexity index is 916. The first-order chi connectivity index (χ1) is 12.6. The van der Waals surface area contributed by atoms with Crippen molar-refractivity contribution in [1.82, 2.24) is 19.7 Å². The van der Waals surface area contributed by atoms with Crippen molar-refractivity contribution in [1.29, 1.82) is 0 Å². The molecular formula is C20H22N4O2. The minimum Gasteiger partial charge on any atom is -0.393 e. The number of hydrogen-bond acceptors (Lipinski definition) is 4. The zero-order valence-electron chi connectivity index (χ0n) is 14.7. The average Bonchev–Trinajstić information content (AvgIpc) is 2.99. The Morgan fingerprint density at radius 1 is 1.35 bits per heavy atom. The van der Waals surface area contributed by atoms with E-state index in [0.717, 1.165) is 11.4 Å². The summed E-state index contributed by atoms with van der Waals surface area (Å²) in [5.41, 5.74) is 3.03. The number of pyridine rings is 2. The van der Waals surface area contributed by atoms with Gasteiger partial charge in [0.05, 0.1) is 17.4 Å². The van der Waals surface area contributed by atoms with Crippen LogP contribution in [0.3, 0.4) is 0 Å². The van der Waals surface area contributed by atoms with Gasteiger partial charge in [0.2, 0.25) is 0 Å². The number of aromatic nitrogens is 3. The third kappa shape index (κ3) is 3.32. The van der Waals surface area contributed by atoms with Crippen LogP contribution in [0.4, 0.5) is 0 Å². The van der Waals surface area contributed by atoms with Crippen LogP contribution in [0.2, 0.25) is 0 Å². The zero-order chi connectivity index (χ0) is 18.1. The van der Waals surface area contributed by atoms with Crippen LogP contribution in [0.1, 0.15) is 34.6 Å². The highest BCUT2D eigenvalue weighted by molar-refractivity contribution is 6.00. The number of carbonyl (C=O) groups is 1. The molecule has 2 N–H and O–H groups in total. The lowest BCUT2D eigenvalue weighted by Gasteiger charge is -2.38. The lowest BCUT2D eigenvalue weighted by Crippen LogP contribution is -2.48. The summed E-state index contributed by atoms with van der Waals surface area (Å²) in [5.74, 6) is 0.126.